The Kier molecular flexibility index (Phi) is 6.98. The maximum absolute atomic E-state index is 5.26. The molecular weight excluding hydrogens is 334 g/mol. The number of allylic oxidation sites excluding steroid dienone is 1. The molecule has 0 unspecified atom stereocenters. The van der Waals surface area contributed by atoms with Crippen LogP contribution in [0.5, 0.6) is 11.5 Å². The molecule has 0 fully saturated rings. The van der Waals surface area contributed by atoms with E-state index < -0.39 is 0 Å². The molecule has 2 aromatic carbocycles. The molecule has 0 heterocycles. The third kappa shape index (κ3) is 5.93. The molecule has 0 aliphatic heterocycles. The molecule has 0 radical (unpaired) electrons. The Balaban J connectivity index is 1.91. The molecule has 0 amide bonds. The summed E-state index contributed by atoms with van der Waals surface area (Å²) in [7, 11) is 3.18. The fraction of sp³-hybridized carbons (Fsp3) is 0.158. The van der Waals surface area contributed by atoms with E-state index >= 15 is 0 Å². The number of anilines is 1. The third-order valence-electron chi connectivity index (χ3n) is 3.27. The topological polar surface area (TPSA) is 54.9 Å². The van der Waals surface area contributed by atoms with Crippen molar-refractivity contribution in [3.05, 3.63) is 59.7 Å². The second-order valence-corrected chi connectivity index (χ2v) is 5.60. The maximum Gasteiger partial charge on any atom is 0.191 e. The summed E-state index contributed by atoms with van der Waals surface area (Å²) >= 11 is 5.23. The molecule has 0 aliphatic rings. The number of nitrogens with one attached hydrogen (secondary N) is 2. The lowest BCUT2D eigenvalue weighted by atomic mass is 10.1. The molecule has 2 N–H and O–H groups in total. The summed E-state index contributed by atoms with van der Waals surface area (Å²) in [6.07, 6.45) is 3.76. The van der Waals surface area contributed by atoms with Crippen LogP contribution in [0.1, 0.15) is 12.5 Å². The van der Waals surface area contributed by atoms with Gasteiger partial charge < -0.3 is 14.8 Å². The van der Waals surface area contributed by atoms with E-state index in [9.17, 15) is 0 Å². The van der Waals surface area contributed by atoms with Crippen molar-refractivity contribution in [2.45, 2.75) is 6.92 Å². The van der Waals surface area contributed by atoms with Gasteiger partial charge in [-0.25, -0.2) is 0 Å². The first-order chi connectivity index (χ1) is 12.1. The highest BCUT2D eigenvalue weighted by Gasteiger charge is 2.05. The van der Waals surface area contributed by atoms with Crippen molar-refractivity contribution in [3.63, 3.8) is 0 Å². The van der Waals surface area contributed by atoms with Crippen LogP contribution >= 0.6 is 12.2 Å². The van der Waals surface area contributed by atoms with Crippen LogP contribution in [0.25, 0.3) is 6.08 Å². The van der Waals surface area contributed by atoms with Gasteiger partial charge >= 0.3 is 0 Å². The molecule has 6 heteroatoms. The van der Waals surface area contributed by atoms with Gasteiger partial charge in [-0.3, -0.25) is 5.43 Å². The molecule has 0 saturated carbocycles. The van der Waals surface area contributed by atoms with E-state index in [4.69, 9.17) is 21.7 Å². The molecule has 2 aromatic rings. The standard InChI is InChI=1S/C19H21N3O2S/c1-14(11-15-7-5-4-6-8-15)13-20-22-19(25)21-16-9-10-17(23-2)18(12-16)24-3/h4-13H,1-3H3,(H2,21,22,25)/b14-11+,20-13-. The maximum atomic E-state index is 5.26. The first-order valence-corrected chi connectivity index (χ1v) is 8.08. The molecule has 25 heavy (non-hydrogen) atoms. The summed E-state index contributed by atoms with van der Waals surface area (Å²) in [5.74, 6) is 1.28. The highest BCUT2D eigenvalue weighted by atomic mass is 32.1. The average molecular weight is 355 g/mol. The third-order valence-corrected chi connectivity index (χ3v) is 3.46. The Morgan fingerprint density at radius 1 is 1.04 bits per heavy atom. The Hall–Kier alpha value is -2.86. The van der Waals surface area contributed by atoms with Crippen LogP contribution in [0, 0.1) is 0 Å². The average Bonchev–Trinajstić information content (AvgIpc) is 2.62. The van der Waals surface area contributed by atoms with Crippen LogP contribution in [-0.2, 0) is 0 Å². The van der Waals surface area contributed by atoms with E-state index in [0.29, 0.717) is 16.6 Å². The molecule has 130 valence electrons. The number of hydrazone groups is 1. The number of hydrogen-bond acceptors (Lipinski definition) is 4. The van der Waals surface area contributed by atoms with Crippen molar-refractivity contribution in [2.24, 2.45) is 5.10 Å². The van der Waals surface area contributed by atoms with Crippen LogP contribution in [0.2, 0.25) is 0 Å². The quantitative estimate of drug-likeness (QED) is 0.465. The van der Waals surface area contributed by atoms with Crippen LogP contribution in [0.4, 0.5) is 5.69 Å². The van der Waals surface area contributed by atoms with Crippen LogP contribution < -0.4 is 20.2 Å². The van der Waals surface area contributed by atoms with E-state index in [1.54, 1.807) is 32.6 Å². The predicted octanol–water partition coefficient (Wildman–Crippen LogP) is 4.08. The number of nitrogens with zero attached hydrogens (tertiary/aromatic N) is 1. The van der Waals surface area contributed by atoms with Gasteiger partial charge in [0.2, 0.25) is 0 Å². The summed E-state index contributed by atoms with van der Waals surface area (Å²) in [4.78, 5) is 0. The van der Waals surface area contributed by atoms with Gasteiger partial charge in [-0.15, -0.1) is 0 Å². The van der Waals surface area contributed by atoms with Gasteiger partial charge in [-0.05, 0) is 42.4 Å². The summed E-state index contributed by atoms with van der Waals surface area (Å²) in [5.41, 5.74) is 5.70. The van der Waals surface area contributed by atoms with Crippen molar-refractivity contribution in [2.75, 3.05) is 19.5 Å². The molecule has 2 rings (SSSR count). The molecule has 0 atom stereocenters. The Morgan fingerprint density at radius 3 is 2.44 bits per heavy atom. The second-order valence-electron chi connectivity index (χ2n) is 5.19. The fourth-order valence-electron chi connectivity index (χ4n) is 2.12. The van der Waals surface area contributed by atoms with Gasteiger partial charge in [0.25, 0.3) is 0 Å². The Bertz CT molecular complexity index is 773. The summed E-state index contributed by atoms with van der Waals surface area (Å²) in [6, 6.07) is 15.5. The van der Waals surface area contributed by atoms with Crippen LogP contribution in [0.3, 0.4) is 0 Å². The number of rotatable bonds is 6. The van der Waals surface area contributed by atoms with Gasteiger partial charge in [-0.1, -0.05) is 36.4 Å². The van der Waals surface area contributed by atoms with E-state index in [-0.39, 0.29) is 0 Å². The molecule has 0 spiro atoms. The minimum atomic E-state index is 0.385. The lowest BCUT2D eigenvalue weighted by Gasteiger charge is -2.11. The number of methoxy groups -OCH3 is 2. The Morgan fingerprint density at radius 2 is 1.76 bits per heavy atom. The van der Waals surface area contributed by atoms with E-state index in [2.05, 4.69) is 15.8 Å². The number of benzene rings is 2. The molecular formula is C19H21N3O2S. The Labute approximate surface area is 153 Å². The number of ether oxygens (including phenoxy) is 2. The largest absolute Gasteiger partial charge is 0.493 e. The highest BCUT2D eigenvalue weighted by molar-refractivity contribution is 7.80. The van der Waals surface area contributed by atoms with E-state index in [0.717, 1.165) is 16.8 Å². The van der Waals surface area contributed by atoms with Crippen molar-refractivity contribution in [3.8, 4) is 11.5 Å². The van der Waals surface area contributed by atoms with Crippen LogP contribution in [0.15, 0.2) is 59.2 Å². The molecule has 0 aliphatic carbocycles. The fourth-order valence-corrected chi connectivity index (χ4v) is 2.29. The van der Waals surface area contributed by atoms with Gasteiger partial charge in [0.15, 0.2) is 16.6 Å². The predicted molar refractivity (Wildman–Crippen MR) is 107 cm³/mol. The van der Waals surface area contributed by atoms with Crippen molar-refractivity contribution < 1.29 is 9.47 Å². The molecule has 0 saturated heterocycles. The van der Waals surface area contributed by atoms with Crippen molar-refractivity contribution in [1.82, 2.24) is 5.43 Å². The lowest BCUT2D eigenvalue weighted by Crippen LogP contribution is -2.23. The van der Waals surface area contributed by atoms with Crippen molar-refractivity contribution >= 4 is 35.3 Å². The number of thiocarbonyl (C=S) groups is 1. The smallest absolute Gasteiger partial charge is 0.191 e. The SMILES string of the molecule is COc1ccc(NC(=S)N/N=C\C(C)=C\c2ccccc2)cc1OC. The highest BCUT2D eigenvalue weighted by Crippen LogP contribution is 2.29. The monoisotopic (exact) mass is 355 g/mol. The zero-order valence-electron chi connectivity index (χ0n) is 14.4. The molecule has 5 nitrogen and oxygen atoms in total. The minimum absolute atomic E-state index is 0.385. The molecule has 0 aromatic heterocycles. The van der Waals surface area contributed by atoms with Crippen molar-refractivity contribution in [1.29, 1.82) is 0 Å². The normalized spacial score (nSPS) is 11.2. The lowest BCUT2D eigenvalue weighted by molar-refractivity contribution is 0.355. The zero-order chi connectivity index (χ0) is 18.1. The van der Waals surface area contributed by atoms with Gasteiger partial charge in [-0.2, -0.15) is 5.10 Å². The summed E-state index contributed by atoms with van der Waals surface area (Å²) < 4.78 is 10.5. The van der Waals surface area contributed by atoms with Crippen LogP contribution in [-0.4, -0.2) is 25.5 Å². The molecule has 0 bridgehead atoms. The second kappa shape index (κ2) is 9.44. The van der Waals surface area contributed by atoms with Gasteiger partial charge in [0, 0.05) is 11.8 Å². The van der Waals surface area contributed by atoms with E-state index in [1.165, 1.54) is 0 Å². The van der Waals surface area contributed by atoms with E-state index in [1.807, 2.05) is 49.4 Å². The summed E-state index contributed by atoms with van der Waals surface area (Å²) in [6.45, 7) is 1.98. The first-order valence-electron chi connectivity index (χ1n) is 7.68. The minimum Gasteiger partial charge on any atom is -0.493 e. The van der Waals surface area contributed by atoms with Gasteiger partial charge in [0.05, 0.1) is 20.4 Å². The first kappa shape index (κ1) is 18.5. The summed E-state index contributed by atoms with van der Waals surface area (Å²) in [5, 5.41) is 7.57. The number of hydrogen-bond donors (Lipinski definition) is 2. The zero-order valence-corrected chi connectivity index (χ0v) is 15.3. The van der Waals surface area contributed by atoms with Gasteiger partial charge in [0.1, 0.15) is 0 Å².